The van der Waals surface area contributed by atoms with Gasteiger partial charge < -0.3 is 9.73 Å². The maximum atomic E-state index is 11.5. The molecule has 0 saturated heterocycles. The molecule has 0 spiro atoms. The van der Waals surface area contributed by atoms with Crippen LogP contribution in [0.15, 0.2) is 33.6 Å². The van der Waals surface area contributed by atoms with E-state index in [0.29, 0.717) is 11.2 Å². The number of hydrogen-bond acceptors (Lipinski definition) is 3. The van der Waals surface area contributed by atoms with Crippen LogP contribution in [0, 0.1) is 0 Å². The van der Waals surface area contributed by atoms with E-state index < -0.39 is 0 Å². The van der Waals surface area contributed by atoms with Gasteiger partial charge in [-0.25, -0.2) is 0 Å². The first-order valence-electron chi connectivity index (χ1n) is 4.27. The zero-order chi connectivity index (χ0) is 10.7. The van der Waals surface area contributed by atoms with Crippen LogP contribution < -0.4 is 5.32 Å². The number of halogens is 1. The first-order valence-corrected chi connectivity index (χ1v) is 5.06. The highest BCUT2D eigenvalue weighted by Crippen LogP contribution is 2.13. The smallest absolute Gasteiger partial charge is 0.287 e. The third-order valence-electron chi connectivity index (χ3n) is 1.80. The van der Waals surface area contributed by atoms with Gasteiger partial charge >= 0.3 is 0 Å². The highest BCUT2D eigenvalue weighted by Gasteiger charge is 2.09. The number of carbonyl (C=O) groups excluding carboxylic acids is 1. The summed E-state index contributed by atoms with van der Waals surface area (Å²) in [6, 6.07) is 3.28. The molecule has 2 heterocycles. The van der Waals surface area contributed by atoms with Gasteiger partial charge in [-0.3, -0.25) is 9.89 Å². The lowest BCUT2D eigenvalue weighted by atomic mass is 10.3. The average molecular weight is 270 g/mol. The number of aromatic amines is 1. The molecule has 5 nitrogen and oxygen atoms in total. The number of carbonyl (C=O) groups is 1. The maximum Gasteiger partial charge on any atom is 0.287 e. The van der Waals surface area contributed by atoms with E-state index in [2.05, 4.69) is 31.4 Å². The van der Waals surface area contributed by atoms with Gasteiger partial charge in [0.25, 0.3) is 5.91 Å². The van der Waals surface area contributed by atoms with Crippen molar-refractivity contribution in [1.29, 1.82) is 0 Å². The molecule has 0 aromatic carbocycles. The standard InChI is InChI=1S/C9H8BrN3O2/c10-8-2-1-7(15-8)9(14)11-3-6-4-12-13-5-6/h1-2,4-5H,3H2,(H,11,14)(H,12,13). The largest absolute Gasteiger partial charge is 0.444 e. The zero-order valence-corrected chi connectivity index (χ0v) is 9.24. The molecule has 6 heteroatoms. The van der Waals surface area contributed by atoms with E-state index >= 15 is 0 Å². The fourth-order valence-corrected chi connectivity index (χ4v) is 1.39. The lowest BCUT2D eigenvalue weighted by Gasteiger charge is -1.99. The van der Waals surface area contributed by atoms with E-state index in [0.717, 1.165) is 5.56 Å². The Morgan fingerprint density at radius 1 is 1.60 bits per heavy atom. The lowest BCUT2D eigenvalue weighted by molar-refractivity contribution is 0.0922. The molecule has 0 bridgehead atoms. The molecule has 2 aromatic rings. The van der Waals surface area contributed by atoms with Gasteiger partial charge in [-0.1, -0.05) is 0 Å². The van der Waals surface area contributed by atoms with Crippen LogP contribution in [0.1, 0.15) is 16.1 Å². The van der Waals surface area contributed by atoms with Crippen LogP contribution in [0.3, 0.4) is 0 Å². The fourth-order valence-electron chi connectivity index (χ4n) is 1.08. The summed E-state index contributed by atoms with van der Waals surface area (Å²) in [4.78, 5) is 11.5. The van der Waals surface area contributed by atoms with Gasteiger partial charge in [0.15, 0.2) is 10.4 Å². The van der Waals surface area contributed by atoms with E-state index in [-0.39, 0.29) is 11.7 Å². The minimum Gasteiger partial charge on any atom is -0.444 e. The second-order valence-corrected chi connectivity index (χ2v) is 3.67. The summed E-state index contributed by atoms with van der Waals surface area (Å²) in [5, 5.41) is 9.14. The molecule has 15 heavy (non-hydrogen) atoms. The number of nitrogens with one attached hydrogen (secondary N) is 2. The summed E-state index contributed by atoms with van der Waals surface area (Å²) >= 11 is 3.13. The number of H-pyrrole nitrogens is 1. The van der Waals surface area contributed by atoms with Gasteiger partial charge in [-0.15, -0.1) is 0 Å². The average Bonchev–Trinajstić information content (AvgIpc) is 2.84. The minimum absolute atomic E-state index is 0.248. The lowest BCUT2D eigenvalue weighted by Crippen LogP contribution is -2.21. The first-order chi connectivity index (χ1) is 7.25. The Kier molecular flexibility index (Phi) is 2.86. The van der Waals surface area contributed by atoms with E-state index in [4.69, 9.17) is 4.42 Å². The van der Waals surface area contributed by atoms with Crippen molar-refractivity contribution in [3.8, 4) is 0 Å². The minimum atomic E-state index is -0.248. The molecular weight excluding hydrogens is 262 g/mol. The van der Waals surface area contributed by atoms with E-state index in [1.807, 2.05) is 0 Å². The Balaban J connectivity index is 1.93. The van der Waals surface area contributed by atoms with Gasteiger partial charge in [0.1, 0.15) is 0 Å². The van der Waals surface area contributed by atoms with Crippen molar-refractivity contribution in [2.45, 2.75) is 6.54 Å². The highest BCUT2D eigenvalue weighted by atomic mass is 79.9. The molecule has 2 rings (SSSR count). The van der Waals surface area contributed by atoms with Gasteiger partial charge in [-0.05, 0) is 28.1 Å². The van der Waals surface area contributed by atoms with Gasteiger partial charge in [0.2, 0.25) is 0 Å². The van der Waals surface area contributed by atoms with Crippen molar-refractivity contribution in [3.05, 3.63) is 40.5 Å². The molecule has 1 amide bonds. The maximum absolute atomic E-state index is 11.5. The molecule has 0 fully saturated rings. The predicted octanol–water partition coefficient (Wildman–Crippen LogP) is 1.70. The third-order valence-corrected chi connectivity index (χ3v) is 2.23. The third kappa shape index (κ3) is 2.47. The molecule has 2 N–H and O–H groups in total. The topological polar surface area (TPSA) is 70.9 Å². The van der Waals surface area contributed by atoms with E-state index in [1.54, 1.807) is 24.5 Å². The van der Waals surface area contributed by atoms with Crippen molar-refractivity contribution < 1.29 is 9.21 Å². The van der Waals surface area contributed by atoms with Crippen LogP contribution in [-0.4, -0.2) is 16.1 Å². The molecule has 0 atom stereocenters. The summed E-state index contributed by atoms with van der Waals surface area (Å²) in [6.07, 6.45) is 3.37. The van der Waals surface area contributed by atoms with Crippen molar-refractivity contribution in [2.24, 2.45) is 0 Å². The number of rotatable bonds is 3. The Morgan fingerprint density at radius 3 is 3.07 bits per heavy atom. The molecule has 0 unspecified atom stereocenters. The molecule has 0 aliphatic rings. The van der Waals surface area contributed by atoms with E-state index in [1.165, 1.54) is 0 Å². The van der Waals surface area contributed by atoms with Gasteiger partial charge in [0, 0.05) is 18.3 Å². The number of hydrogen-bond donors (Lipinski definition) is 2. The number of furan rings is 1. The first kappa shape index (κ1) is 9.97. The normalized spacial score (nSPS) is 10.2. The van der Waals surface area contributed by atoms with Crippen molar-refractivity contribution in [2.75, 3.05) is 0 Å². The van der Waals surface area contributed by atoms with Gasteiger partial charge in [0.05, 0.1) is 6.20 Å². The number of nitrogens with zero attached hydrogens (tertiary/aromatic N) is 1. The Labute approximate surface area is 94.0 Å². The summed E-state index contributed by atoms with van der Waals surface area (Å²) in [5.74, 6) is 0.0345. The highest BCUT2D eigenvalue weighted by molar-refractivity contribution is 9.10. The predicted molar refractivity (Wildman–Crippen MR) is 56.2 cm³/mol. The fraction of sp³-hybridized carbons (Fsp3) is 0.111. The van der Waals surface area contributed by atoms with Crippen LogP contribution in [0.4, 0.5) is 0 Å². The number of aromatic nitrogens is 2. The molecule has 0 radical (unpaired) electrons. The van der Waals surface area contributed by atoms with Crippen molar-refractivity contribution >= 4 is 21.8 Å². The van der Waals surface area contributed by atoms with Crippen molar-refractivity contribution in [1.82, 2.24) is 15.5 Å². The van der Waals surface area contributed by atoms with Crippen LogP contribution in [0.2, 0.25) is 0 Å². The van der Waals surface area contributed by atoms with Crippen molar-refractivity contribution in [3.63, 3.8) is 0 Å². The quantitative estimate of drug-likeness (QED) is 0.891. The molecule has 78 valence electrons. The molecule has 0 aliphatic heterocycles. The van der Waals surface area contributed by atoms with Crippen LogP contribution in [0.5, 0.6) is 0 Å². The summed E-state index contributed by atoms with van der Waals surface area (Å²) in [5.41, 5.74) is 0.911. The SMILES string of the molecule is O=C(NCc1cn[nH]c1)c1ccc(Br)o1. The Hall–Kier alpha value is -1.56. The van der Waals surface area contributed by atoms with Gasteiger partial charge in [-0.2, -0.15) is 5.10 Å². The Morgan fingerprint density at radius 2 is 2.47 bits per heavy atom. The number of amides is 1. The molecule has 2 aromatic heterocycles. The molecular formula is C9H8BrN3O2. The second kappa shape index (κ2) is 4.31. The summed E-state index contributed by atoms with van der Waals surface area (Å²) in [6.45, 7) is 0.424. The van der Waals surface area contributed by atoms with E-state index in [9.17, 15) is 4.79 Å². The second-order valence-electron chi connectivity index (χ2n) is 2.89. The van der Waals surface area contributed by atoms with Crippen LogP contribution in [-0.2, 0) is 6.54 Å². The van der Waals surface area contributed by atoms with Crippen LogP contribution >= 0.6 is 15.9 Å². The van der Waals surface area contributed by atoms with Crippen LogP contribution in [0.25, 0.3) is 0 Å². The zero-order valence-electron chi connectivity index (χ0n) is 7.66. The Bertz CT molecular complexity index is 450. The summed E-state index contributed by atoms with van der Waals surface area (Å²) < 4.78 is 5.63. The monoisotopic (exact) mass is 269 g/mol. The summed E-state index contributed by atoms with van der Waals surface area (Å²) in [7, 11) is 0. The molecule has 0 aliphatic carbocycles. The molecule has 0 saturated carbocycles.